The van der Waals surface area contributed by atoms with Crippen LogP contribution >= 0.6 is 12.2 Å². The second-order valence-corrected chi connectivity index (χ2v) is 5.01. The number of aromatic hydroxyl groups is 2. The van der Waals surface area contributed by atoms with E-state index in [4.69, 9.17) is 12.2 Å². The number of azo groups is 1. The number of hydrogen-bond acceptors (Lipinski definition) is 5. The molecule has 7 heteroatoms. The Hall–Kier alpha value is -2.80. The highest BCUT2D eigenvalue weighted by atomic mass is 32.1. The zero-order valence-corrected chi connectivity index (χ0v) is 12.4. The van der Waals surface area contributed by atoms with Crippen molar-refractivity contribution in [3.05, 3.63) is 47.7 Å². The number of hydrogen-bond donors (Lipinski definition) is 2. The van der Waals surface area contributed by atoms with Gasteiger partial charge in [0.05, 0.1) is 11.4 Å². The Morgan fingerprint density at radius 1 is 1.09 bits per heavy atom. The molecule has 0 saturated heterocycles. The van der Waals surface area contributed by atoms with Gasteiger partial charge in [-0.25, -0.2) is 4.57 Å². The molecule has 0 amide bonds. The van der Waals surface area contributed by atoms with Crippen molar-refractivity contribution in [2.75, 3.05) is 0 Å². The van der Waals surface area contributed by atoms with Crippen LogP contribution < -0.4 is 0 Å². The normalized spacial score (nSPS) is 15.3. The standard InChI is InChI=1S/C15H12N4O2S/c1-9(11-8-16-12-5-3-2-4-10(11)12)17-18-15(22)19-13(20)6-7-14(19)21/h2-8,20-21H,1H3/b11-9-,18-17?. The quantitative estimate of drug-likeness (QED) is 0.623. The predicted molar refractivity (Wildman–Crippen MR) is 87.8 cm³/mol. The Morgan fingerprint density at radius 3 is 2.50 bits per heavy atom. The number of thiocarbonyl (C=S) groups is 1. The van der Waals surface area contributed by atoms with Crippen molar-refractivity contribution in [2.45, 2.75) is 6.92 Å². The number of fused-ring (bicyclic) bond motifs is 1. The van der Waals surface area contributed by atoms with E-state index >= 15 is 0 Å². The first-order valence-electron chi connectivity index (χ1n) is 6.48. The monoisotopic (exact) mass is 312 g/mol. The van der Waals surface area contributed by atoms with Crippen molar-refractivity contribution < 1.29 is 10.2 Å². The highest BCUT2D eigenvalue weighted by molar-refractivity contribution is 7.80. The molecule has 0 fully saturated rings. The number of nitrogens with zero attached hydrogens (tertiary/aromatic N) is 4. The Morgan fingerprint density at radius 2 is 1.77 bits per heavy atom. The van der Waals surface area contributed by atoms with E-state index in [0.29, 0.717) is 5.70 Å². The van der Waals surface area contributed by atoms with Crippen LogP contribution in [0.2, 0.25) is 0 Å². The van der Waals surface area contributed by atoms with Crippen molar-refractivity contribution in [2.24, 2.45) is 15.2 Å². The van der Waals surface area contributed by atoms with Gasteiger partial charge in [-0.1, -0.05) is 18.2 Å². The molecule has 2 aromatic rings. The topological polar surface area (TPSA) is 82.5 Å². The Kier molecular flexibility index (Phi) is 3.56. The average molecular weight is 312 g/mol. The summed E-state index contributed by atoms with van der Waals surface area (Å²) in [6.45, 7) is 1.80. The maximum absolute atomic E-state index is 9.59. The predicted octanol–water partition coefficient (Wildman–Crippen LogP) is 3.63. The summed E-state index contributed by atoms with van der Waals surface area (Å²) in [6.07, 6.45) is 1.73. The van der Waals surface area contributed by atoms with Crippen LogP contribution in [0.4, 0.5) is 5.69 Å². The summed E-state index contributed by atoms with van der Waals surface area (Å²) in [4.78, 5) is 4.30. The molecular formula is C15H12N4O2S. The molecule has 1 aromatic heterocycles. The van der Waals surface area contributed by atoms with Gasteiger partial charge in [0.1, 0.15) is 0 Å². The van der Waals surface area contributed by atoms with Gasteiger partial charge in [-0.2, -0.15) is 5.11 Å². The number of para-hydroxylation sites is 1. The number of aromatic nitrogens is 1. The van der Waals surface area contributed by atoms with Gasteiger partial charge in [-0.3, -0.25) is 4.99 Å². The van der Waals surface area contributed by atoms with E-state index in [1.807, 2.05) is 24.3 Å². The van der Waals surface area contributed by atoms with Gasteiger partial charge in [-0.15, -0.1) is 5.11 Å². The summed E-state index contributed by atoms with van der Waals surface area (Å²) in [5.74, 6) is -0.390. The lowest BCUT2D eigenvalue weighted by atomic mass is 10.1. The van der Waals surface area contributed by atoms with E-state index in [1.54, 1.807) is 13.1 Å². The molecule has 0 unspecified atom stereocenters. The fraction of sp³-hybridized carbons (Fsp3) is 0.0667. The second-order valence-electron chi connectivity index (χ2n) is 4.64. The summed E-state index contributed by atoms with van der Waals surface area (Å²) in [5.41, 5.74) is 3.37. The van der Waals surface area contributed by atoms with Gasteiger partial charge in [0.2, 0.25) is 16.9 Å². The van der Waals surface area contributed by atoms with E-state index in [0.717, 1.165) is 21.4 Å². The molecule has 22 heavy (non-hydrogen) atoms. The number of benzene rings is 1. The van der Waals surface area contributed by atoms with Crippen LogP contribution in [0.25, 0.3) is 5.57 Å². The molecule has 1 aliphatic heterocycles. The van der Waals surface area contributed by atoms with Crippen LogP contribution in [0.15, 0.2) is 57.3 Å². The Balaban J connectivity index is 1.89. The smallest absolute Gasteiger partial charge is 0.230 e. The molecular weight excluding hydrogens is 300 g/mol. The first kappa shape index (κ1) is 14.2. The zero-order valence-electron chi connectivity index (χ0n) is 11.6. The SMILES string of the molecule is C/C(N=NC(=S)n1c(O)ccc1O)=C1\C=Nc2ccccc21. The highest BCUT2D eigenvalue weighted by Gasteiger charge is 2.14. The van der Waals surface area contributed by atoms with Crippen molar-refractivity contribution in [1.82, 2.24) is 4.57 Å². The summed E-state index contributed by atoms with van der Waals surface area (Å²) >= 11 is 5.05. The van der Waals surface area contributed by atoms with Crippen molar-refractivity contribution in [3.8, 4) is 11.8 Å². The third kappa shape index (κ3) is 2.42. The molecule has 0 atom stereocenters. The molecule has 3 rings (SSSR count). The fourth-order valence-corrected chi connectivity index (χ4v) is 2.36. The molecule has 2 heterocycles. The van der Waals surface area contributed by atoms with Gasteiger partial charge in [0.15, 0.2) is 0 Å². The summed E-state index contributed by atoms with van der Waals surface area (Å²) in [5, 5.41) is 27.1. The molecule has 0 aliphatic carbocycles. The minimum Gasteiger partial charge on any atom is -0.494 e. The number of allylic oxidation sites excluding steroid dienone is 2. The number of rotatable bonds is 1. The van der Waals surface area contributed by atoms with Gasteiger partial charge < -0.3 is 10.2 Å². The minimum absolute atomic E-state index is 0.0526. The van der Waals surface area contributed by atoms with Gasteiger partial charge in [0, 0.05) is 29.5 Å². The maximum Gasteiger partial charge on any atom is 0.230 e. The molecule has 1 aliphatic rings. The molecule has 6 nitrogen and oxygen atoms in total. The van der Waals surface area contributed by atoms with E-state index in [1.165, 1.54) is 12.1 Å². The maximum atomic E-state index is 9.59. The fourth-order valence-electron chi connectivity index (χ4n) is 2.13. The summed E-state index contributed by atoms with van der Waals surface area (Å²) < 4.78 is 1.02. The van der Waals surface area contributed by atoms with Crippen molar-refractivity contribution in [3.63, 3.8) is 0 Å². The van der Waals surface area contributed by atoms with Gasteiger partial charge in [0.25, 0.3) is 0 Å². The molecule has 1 aromatic carbocycles. The molecule has 110 valence electrons. The van der Waals surface area contributed by atoms with Crippen molar-refractivity contribution in [1.29, 1.82) is 0 Å². The van der Waals surface area contributed by atoms with Crippen LogP contribution in [-0.2, 0) is 0 Å². The first-order valence-corrected chi connectivity index (χ1v) is 6.89. The van der Waals surface area contributed by atoms with Crippen LogP contribution in [0.5, 0.6) is 11.8 Å². The minimum atomic E-state index is -0.195. The third-order valence-electron chi connectivity index (χ3n) is 3.23. The lowest BCUT2D eigenvalue weighted by molar-refractivity contribution is 0.409. The summed E-state index contributed by atoms with van der Waals surface area (Å²) in [6, 6.07) is 10.4. The van der Waals surface area contributed by atoms with Crippen LogP contribution in [0, 0.1) is 0 Å². The van der Waals surface area contributed by atoms with Crippen LogP contribution in [-0.4, -0.2) is 26.1 Å². The molecule has 0 spiro atoms. The highest BCUT2D eigenvalue weighted by Crippen LogP contribution is 2.33. The van der Waals surface area contributed by atoms with Crippen molar-refractivity contribution >= 4 is 34.8 Å². The second kappa shape index (κ2) is 5.53. The van der Waals surface area contributed by atoms with E-state index < -0.39 is 0 Å². The molecule has 0 radical (unpaired) electrons. The lowest BCUT2D eigenvalue weighted by Gasteiger charge is -2.03. The largest absolute Gasteiger partial charge is 0.494 e. The van der Waals surface area contributed by atoms with Gasteiger partial charge >= 0.3 is 0 Å². The molecule has 2 N–H and O–H groups in total. The summed E-state index contributed by atoms with van der Waals surface area (Å²) in [7, 11) is 0. The van der Waals surface area contributed by atoms with Crippen LogP contribution in [0.3, 0.4) is 0 Å². The van der Waals surface area contributed by atoms with E-state index in [2.05, 4.69) is 15.2 Å². The molecule has 0 saturated carbocycles. The average Bonchev–Trinajstić information content (AvgIpc) is 3.08. The first-order chi connectivity index (χ1) is 10.6. The Bertz CT molecular complexity index is 829. The van der Waals surface area contributed by atoms with Gasteiger partial charge in [-0.05, 0) is 25.2 Å². The third-order valence-corrected chi connectivity index (χ3v) is 3.50. The lowest BCUT2D eigenvalue weighted by Crippen LogP contribution is -2.03. The Labute approximate surface area is 131 Å². The van der Waals surface area contributed by atoms with Crippen LogP contribution in [0.1, 0.15) is 12.5 Å². The number of aliphatic imine (C=N–C) groups is 1. The molecule has 0 bridgehead atoms. The van der Waals surface area contributed by atoms with E-state index in [-0.39, 0.29) is 16.9 Å². The van der Waals surface area contributed by atoms with E-state index in [9.17, 15) is 10.2 Å². The zero-order chi connectivity index (χ0) is 15.7.